The maximum Gasteiger partial charge on any atom is 0.272 e. The standard InChI is InChI=1S/C24H33N5O2/c1-4-29-21(10-11-26-29)23(31)28-16-24(17-28)15-27(13-19-8-6-5-7-9-19)14-20(24)22(30)25-12-18(2)3/h5-11,18,20H,4,12-17H2,1-3H3,(H,25,30). The van der Waals surface area contributed by atoms with E-state index in [0.29, 0.717) is 37.8 Å². The predicted octanol–water partition coefficient (Wildman–Crippen LogP) is 2.25. The molecule has 31 heavy (non-hydrogen) atoms. The number of hydrogen-bond donors (Lipinski definition) is 1. The second-order valence-electron chi connectivity index (χ2n) is 9.40. The summed E-state index contributed by atoms with van der Waals surface area (Å²) < 4.78 is 1.73. The fraction of sp³-hybridized carbons (Fsp3) is 0.542. The van der Waals surface area contributed by atoms with E-state index in [1.54, 1.807) is 16.9 Å². The molecule has 1 atom stereocenters. The molecule has 1 aromatic heterocycles. The molecule has 0 saturated carbocycles. The van der Waals surface area contributed by atoms with Crippen molar-refractivity contribution in [3.63, 3.8) is 0 Å². The van der Waals surface area contributed by atoms with Crippen LogP contribution < -0.4 is 5.32 Å². The number of rotatable bonds is 7. The molecule has 7 nitrogen and oxygen atoms in total. The molecule has 0 radical (unpaired) electrons. The zero-order valence-electron chi connectivity index (χ0n) is 18.8. The summed E-state index contributed by atoms with van der Waals surface area (Å²) >= 11 is 0. The molecule has 2 aromatic rings. The van der Waals surface area contributed by atoms with Gasteiger partial charge in [0.25, 0.3) is 5.91 Å². The van der Waals surface area contributed by atoms with Crippen molar-refractivity contribution in [3.8, 4) is 0 Å². The average Bonchev–Trinajstić information content (AvgIpc) is 3.36. The van der Waals surface area contributed by atoms with Gasteiger partial charge in [0.2, 0.25) is 5.91 Å². The van der Waals surface area contributed by atoms with E-state index in [1.807, 2.05) is 17.9 Å². The van der Waals surface area contributed by atoms with Gasteiger partial charge in [0.15, 0.2) is 0 Å². The Morgan fingerprint density at radius 1 is 1.16 bits per heavy atom. The Bertz CT molecular complexity index is 917. The van der Waals surface area contributed by atoms with Crippen molar-refractivity contribution >= 4 is 11.8 Å². The molecule has 2 fully saturated rings. The Morgan fingerprint density at radius 2 is 1.90 bits per heavy atom. The van der Waals surface area contributed by atoms with Crippen LogP contribution >= 0.6 is 0 Å². The fourth-order valence-corrected chi connectivity index (χ4v) is 4.93. The van der Waals surface area contributed by atoms with Crippen LogP contribution in [0.4, 0.5) is 0 Å². The van der Waals surface area contributed by atoms with E-state index in [2.05, 4.69) is 53.4 Å². The van der Waals surface area contributed by atoms with Crippen LogP contribution in [0.5, 0.6) is 0 Å². The molecule has 1 unspecified atom stereocenters. The summed E-state index contributed by atoms with van der Waals surface area (Å²) in [6.45, 7) is 11.2. The zero-order valence-corrected chi connectivity index (χ0v) is 18.8. The van der Waals surface area contributed by atoms with Gasteiger partial charge in [0, 0.05) is 57.4 Å². The monoisotopic (exact) mass is 423 g/mol. The van der Waals surface area contributed by atoms with Crippen molar-refractivity contribution in [2.75, 3.05) is 32.7 Å². The van der Waals surface area contributed by atoms with Crippen molar-refractivity contribution in [3.05, 3.63) is 53.9 Å². The van der Waals surface area contributed by atoms with Gasteiger partial charge in [0.05, 0.1) is 5.92 Å². The van der Waals surface area contributed by atoms with Gasteiger partial charge in [-0.15, -0.1) is 0 Å². The molecular formula is C24H33N5O2. The number of amides is 2. The highest BCUT2D eigenvalue weighted by molar-refractivity contribution is 5.93. The third-order valence-electron chi connectivity index (χ3n) is 6.50. The summed E-state index contributed by atoms with van der Waals surface area (Å²) in [5.74, 6) is 0.438. The molecule has 2 aliphatic rings. The largest absolute Gasteiger partial charge is 0.356 e. The SMILES string of the molecule is CCn1nccc1C(=O)N1CC2(CN(Cc3ccccc3)CC2C(=O)NCC(C)C)C1. The molecule has 0 bridgehead atoms. The Balaban J connectivity index is 1.48. The van der Waals surface area contributed by atoms with Gasteiger partial charge in [-0.1, -0.05) is 44.2 Å². The normalized spacial score (nSPS) is 20.3. The van der Waals surface area contributed by atoms with E-state index in [4.69, 9.17) is 0 Å². The molecule has 166 valence electrons. The van der Waals surface area contributed by atoms with Crippen LogP contribution in [-0.2, 0) is 17.9 Å². The van der Waals surface area contributed by atoms with Crippen molar-refractivity contribution in [1.82, 2.24) is 24.9 Å². The number of nitrogens with one attached hydrogen (secondary N) is 1. The lowest BCUT2D eigenvalue weighted by Gasteiger charge is -2.50. The number of aryl methyl sites for hydroxylation is 1. The summed E-state index contributed by atoms with van der Waals surface area (Å²) in [5.41, 5.74) is 1.69. The number of likely N-dealkylation sites (tertiary alicyclic amines) is 2. The van der Waals surface area contributed by atoms with Gasteiger partial charge in [-0.05, 0) is 24.5 Å². The molecule has 0 aliphatic carbocycles. The van der Waals surface area contributed by atoms with Crippen LogP contribution in [0, 0.1) is 17.3 Å². The van der Waals surface area contributed by atoms with Crippen LogP contribution in [0.3, 0.4) is 0 Å². The van der Waals surface area contributed by atoms with Crippen LogP contribution in [0.1, 0.15) is 36.8 Å². The number of carbonyl (C=O) groups is 2. The lowest BCUT2D eigenvalue weighted by molar-refractivity contribution is -0.131. The Kier molecular flexibility index (Phi) is 6.14. The van der Waals surface area contributed by atoms with E-state index in [0.717, 1.165) is 19.6 Å². The van der Waals surface area contributed by atoms with Gasteiger partial charge < -0.3 is 10.2 Å². The zero-order chi connectivity index (χ0) is 22.0. The molecule has 1 N–H and O–H groups in total. The summed E-state index contributed by atoms with van der Waals surface area (Å²) in [7, 11) is 0. The number of carbonyl (C=O) groups excluding carboxylic acids is 2. The molecular weight excluding hydrogens is 390 g/mol. The highest BCUT2D eigenvalue weighted by atomic mass is 16.2. The summed E-state index contributed by atoms with van der Waals surface area (Å²) in [6, 6.07) is 12.2. The van der Waals surface area contributed by atoms with Gasteiger partial charge in [-0.3, -0.25) is 19.2 Å². The van der Waals surface area contributed by atoms with Crippen LogP contribution in [0.15, 0.2) is 42.6 Å². The van der Waals surface area contributed by atoms with Crippen molar-refractivity contribution < 1.29 is 9.59 Å². The predicted molar refractivity (Wildman–Crippen MR) is 119 cm³/mol. The molecule has 3 heterocycles. The van der Waals surface area contributed by atoms with Crippen LogP contribution in [0.2, 0.25) is 0 Å². The lowest BCUT2D eigenvalue weighted by Crippen LogP contribution is -2.64. The topological polar surface area (TPSA) is 70.5 Å². The van der Waals surface area contributed by atoms with Crippen molar-refractivity contribution in [1.29, 1.82) is 0 Å². The fourth-order valence-electron chi connectivity index (χ4n) is 4.93. The first-order valence-electron chi connectivity index (χ1n) is 11.3. The Morgan fingerprint density at radius 3 is 2.58 bits per heavy atom. The number of aromatic nitrogens is 2. The number of hydrogen-bond acceptors (Lipinski definition) is 4. The van der Waals surface area contributed by atoms with E-state index in [9.17, 15) is 9.59 Å². The molecule has 2 amide bonds. The maximum absolute atomic E-state index is 13.1. The first-order valence-corrected chi connectivity index (χ1v) is 11.3. The summed E-state index contributed by atoms with van der Waals surface area (Å²) in [6.07, 6.45) is 1.67. The van der Waals surface area contributed by atoms with E-state index >= 15 is 0 Å². The second-order valence-corrected chi connectivity index (χ2v) is 9.40. The van der Waals surface area contributed by atoms with Gasteiger partial charge >= 0.3 is 0 Å². The Labute approximate surface area is 184 Å². The van der Waals surface area contributed by atoms with Crippen molar-refractivity contribution in [2.24, 2.45) is 17.3 Å². The molecule has 4 rings (SSSR count). The third kappa shape index (κ3) is 4.37. The second kappa shape index (κ2) is 8.83. The Hall–Kier alpha value is -2.67. The van der Waals surface area contributed by atoms with Crippen molar-refractivity contribution in [2.45, 2.75) is 33.9 Å². The van der Waals surface area contributed by atoms with E-state index in [-0.39, 0.29) is 23.1 Å². The van der Waals surface area contributed by atoms with Gasteiger partial charge in [0.1, 0.15) is 5.69 Å². The molecule has 1 aromatic carbocycles. The smallest absolute Gasteiger partial charge is 0.272 e. The minimum atomic E-state index is -0.178. The number of benzene rings is 1. The minimum Gasteiger partial charge on any atom is -0.356 e. The van der Waals surface area contributed by atoms with Crippen LogP contribution in [-0.4, -0.2) is 64.1 Å². The average molecular weight is 424 g/mol. The quantitative estimate of drug-likeness (QED) is 0.742. The van der Waals surface area contributed by atoms with Crippen LogP contribution in [0.25, 0.3) is 0 Å². The lowest BCUT2D eigenvalue weighted by atomic mass is 9.71. The highest BCUT2D eigenvalue weighted by Crippen LogP contribution is 2.45. The third-order valence-corrected chi connectivity index (χ3v) is 6.50. The molecule has 2 aliphatic heterocycles. The van der Waals surface area contributed by atoms with E-state index in [1.165, 1.54) is 5.56 Å². The first kappa shape index (κ1) is 21.6. The molecule has 1 spiro atoms. The van der Waals surface area contributed by atoms with Gasteiger partial charge in [-0.2, -0.15) is 5.10 Å². The number of nitrogens with zero attached hydrogens (tertiary/aromatic N) is 4. The van der Waals surface area contributed by atoms with Gasteiger partial charge in [-0.25, -0.2) is 0 Å². The first-order chi connectivity index (χ1) is 14.9. The molecule has 7 heteroatoms. The minimum absolute atomic E-state index is 0.00724. The summed E-state index contributed by atoms with van der Waals surface area (Å²) in [4.78, 5) is 30.4. The van der Waals surface area contributed by atoms with E-state index < -0.39 is 0 Å². The summed E-state index contributed by atoms with van der Waals surface area (Å²) in [5, 5.41) is 7.36. The maximum atomic E-state index is 13.1. The molecule has 2 saturated heterocycles. The highest BCUT2D eigenvalue weighted by Gasteiger charge is 2.57.